The predicted molar refractivity (Wildman–Crippen MR) is 134 cm³/mol. The maximum Gasteiger partial charge on any atom is 0.270 e. The Hall–Kier alpha value is -3.78. The number of ketones is 1. The van der Waals surface area contributed by atoms with Crippen LogP contribution < -0.4 is 19.6 Å². The number of benzene rings is 2. The number of aryl methyl sites for hydroxylation is 1. The highest BCUT2D eigenvalue weighted by molar-refractivity contribution is 7.07. The molecule has 3 atom stereocenters. The second-order valence-corrected chi connectivity index (χ2v) is 10.2. The van der Waals surface area contributed by atoms with E-state index in [2.05, 4.69) is 0 Å². The Morgan fingerprint density at radius 2 is 1.83 bits per heavy atom. The van der Waals surface area contributed by atoms with Crippen molar-refractivity contribution in [1.82, 2.24) is 14.3 Å². The number of hydrogen-bond acceptors (Lipinski definition) is 6. The molecule has 2 aliphatic heterocycles. The van der Waals surface area contributed by atoms with Crippen molar-refractivity contribution in [3.63, 3.8) is 0 Å². The van der Waals surface area contributed by atoms with Crippen molar-refractivity contribution in [2.45, 2.75) is 39.5 Å². The highest BCUT2D eigenvalue weighted by Crippen LogP contribution is 2.47. The molecule has 0 radical (unpaired) electrons. The van der Waals surface area contributed by atoms with Crippen LogP contribution in [0.4, 0.5) is 0 Å². The van der Waals surface area contributed by atoms with E-state index in [0.717, 1.165) is 28.2 Å². The predicted octanol–water partition coefficient (Wildman–Crippen LogP) is 3.08. The molecule has 8 heteroatoms. The van der Waals surface area contributed by atoms with Gasteiger partial charge >= 0.3 is 0 Å². The number of fused-ring (bicyclic) bond motifs is 6. The van der Waals surface area contributed by atoms with Gasteiger partial charge in [0.15, 0.2) is 4.80 Å². The van der Waals surface area contributed by atoms with Gasteiger partial charge in [-0.15, -0.1) is 0 Å². The SMILES string of the molecule is CC(=O)[C@@H]1[C@H]2c3ccccc3O[C@@]1(C)N=c1s/c(=C/c3c(C)nn(-c4ccccc4)c3C)c(=O)n12. The third-order valence-corrected chi connectivity index (χ3v) is 7.92. The number of carbonyl (C=O) groups is 1. The standard InChI is InChI=1S/C27H24N4O3S/c1-15-20(16(2)31(29-15)18-10-6-5-7-11-18)14-22-25(33)30-24-19-12-8-9-13-21(19)34-27(4,23(24)17(3)32)28-26(30)35-22/h5-14,23-24H,1-4H3/b22-14+/t23-,24-,27-/m1/s1. The van der Waals surface area contributed by atoms with Gasteiger partial charge in [0.2, 0.25) is 5.72 Å². The topological polar surface area (TPSA) is 78.5 Å². The highest BCUT2D eigenvalue weighted by atomic mass is 32.1. The van der Waals surface area contributed by atoms with E-state index in [1.54, 1.807) is 11.5 Å². The molecule has 0 saturated heterocycles. The van der Waals surface area contributed by atoms with Crippen LogP contribution in [0, 0.1) is 19.8 Å². The maximum absolute atomic E-state index is 13.8. The summed E-state index contributed by atoms with van der Waals surface area (Å²) >= 11 is 1.32. The molecule has 7 nitrogen and oxygen atoms in total. The first-order valence-electron chi connectivity index (χ1n) is 11.5. The lowest BCUT2D eigenvalue weighted by Crippen LogP contribution is -2.58. The minimum atomic E-state index is -1.07. The second kappa shape index (κ2) is 7.61. The highest BCUT2D eigenvalue weighted by Gasteiger charge is 2.53. The fraction of sp³-hybridized carbons (Fsp3) is 0.259. The number of Topliss-reactive ketones (excluding diaryl/α,β-unsaturated/α-hetero) is 1. The van der Waals surface area contributed by atoms with E-state index in [9.17, 15) is 9.59 Å². The lowest BCUT2D eigenvalue weighted by atomic mass is 9.79. The zero-order valence-electron chi connectivity index (χ0n) is 19.9. The van der Waals surface area contributed by atoms with Crippen LogP contribution in [-0.4, -0.2) is 25.9 Å². The smallest absolute Gasteiger partial charge is 0.270 e. The summed E-state index contributed by atoms with van der Waals surface area (Å²) in [5.74, 6) is 0.0153. The summed E-state index contributed by atoms with van der Waals surface area (Å²) in [7, 11) is 0. The van der Waals surface area contributed by atoms with Crippen LogP contribution in [0.25, 0.3) is 11.8 Å². The van der Waals surface area contributed by atoms with Gasteiger partial charge in [-0.25, -0.2) is 9.67 Å². The molecule has 0 unspecified atom stereocenters. The molecule has 0 saturated carbocycles. The van der Waals surface area contributed by atoms with E-state index < -0.39 is 17.7 Å². The fourth-order valence-corrected chi connectivity index (χ4v) is 6.45. The third-order valence-electron chi connectivity index (χ3n) is 6.94. The molecule has 0 amide bonds. The summed E-state index contributed by atoms with van der Waals surface area (Å²) in [6.07, 6.45) is 1.90. The van der Waals surface area contributed by atoms with Crippen molar-refractivity contribution in [3.8, 4) is 11.4 Å². The molecule has 4 aromatic rings. The van der Waals surface area contributed by atoms with Crippen molar-refractivity contribution in [2.75, 3.05) is 0 Å². The number of carbonyl (C=O) groups excluding carboxylic acids is 1. The molecule has 6 rings (SSSR count). The number of para-hydroxylation sites is 2. The molecule has 0 spiro atoms. The minimum Gasteiger partial charge on any atom is -0.465 e. The van der Waals surface area contributed by atoms with Crippen molar-refractivity contribution in [2.24, 2.45) is 10.9 Å². The van der Waals surface area contributed by atoms with E-state index in [4.69, 9.17) is 14.8 Å². The Morgan fingerprint density at radius 3 is 2.57 bits per heavy atom. The maximum atomic E-state index is 13.8. The second-order valence-electron chi connectivity index (χ2n) is 9.24. The van der Waals surface area contributed by atoms with E-state index in [1.807, 2.05) is 86.1 Å². The van der Waals surface area contributed by atoms with E-state index in [1.165, 1.54) is 11.3 Å². The van der Waals surface area contributed by atoms with E-state index in [-0.39, 0.29) is 11.3 Å². The Labute approximate surface area is 205 Å². The van der Waals surface area contributed by atoms with Gasteiger partial charge in [-0.3, -0.25) is 14.2 Å². The van der Waals surface area contributed by atoms with E-state index >= 15 is 0 Å². The zero-order chi connectivity index (χ0) is 24.5. The zero-order valence-corrected chi connectivity index (χ0v) is 20.7. The van der Waals surface area contributed by atoms with Gasteiger partial charge in [-0.1, -0.05) is 47.7 Å². The van der Waals surface area contributed by atoms with Crippen LogP contribution in [0.3, 0.4) is 0 Å². The normalized spacial score (nSPS) is 22.7. The fourth-order valence-electron chi connectivity index (χ4n) is 5.37. The quantitative estimate of drug-likeness (QED) is 0.448. The Balaban J connectivity index is 1.58. The van der Waals surface area contributed by atoms with Crippen LogP contribution in [-0.2, 0) is 4.79 Å². The molecule has 2 aliphatic rings. The number of rotatable bonds is 3. The Bertz CT molecular complexity index is 1680. The van der Waals surface area contributed by atoms with Gasteiger partial charge in [0.05, 0.1) is 22.0 Å². The van der Waals surface area contributed by atoms with Gasteiger partial charge in [-0.2, -0.15) is 5.10 Å². The lowest BCUT2D eigenvalue weighted by Gasteiger charge is -2.45. The van der Waals surface area contributed by atoms with Crippen LogP contribution in [0.1, 0.15) is 42.4 Å². The first-order valence-corrected chi connectivity index (χ1v) is 12.3. The van der Waals surface area contributed by atoms with Gasteiger partial charge in [0, 0.05) is 16.8 Å². The van der Waals surface area contributed by atoms with Gasteiger partial charge in [0.25, 0.3) is 5.56 Å². The van der Waals surface area contributed by atoms with Crippen LogP contribution in [0.5, 0.6) is 5.75 Å². The van der Waals surface area contributed by atoms with Crippen LogP contribution in [0.2, 0.25) is 0 Å². The van der Waals surface area contributed by atoms with Crippen LogP contribution in [0.15, 0.2) is 64.4 Å². The average molecular weight is 485 g/mol. The molecular formula is C27H24N4O3S. The summed E-state index contributed by atoms with van der Waals surface area (Å²) in [4.78, 5) is 32.0. The van der Waals surface area contributed by atoms with Gasteiger partial charge in [-0.05, 0) is 52.0 Å². The molecular weight excluding hydrogens is 460 g/mol. The van der Waals surface area contributed by atoms with Crippen molar-refractivity contribution < 1.29 is 9.53 Å². The van der Waals surface area contributed by atoms with Crippen LogP contribution >= 0.6 is 11.3 Å². The van der Waals surface area contributed by atoms with Gasteiger partial charge < -0.3 is 4.74 Å². The first-order chi connectivity index (χ1) is 16.8. The summed E-state index contributed by atoms with van der Waals surface area (Å²) < 4.78 is 10.4. The molecule has 2 aromatic carbocycles. The summed E-state index contributed by atoms with van der Waals surface area (Å²) in [5, 5.41) is 4.71. The lowest BCUT2D eigenvalue weighted by molar-refractivity contribution is -0.132. The molecule has 0 fully saturated rings. The molecule has 2 bridgehead atoms. The van der Waals surface area contributed by atoms with Gasteiger partial charge in [0.1, 0.15) is 17.5 Å². The van der Waals surface area contributed by atoms with Crippen molar-refractivity contribution in [1.29, 1.82) is 0 Å². The Kier molecular flexibility index (Phi) is 4.73. The monoisotopic (exact) mass is 484 g/mol. The number of nitrogens with zero attached hydrogens (tertiary/aromatic N) is 4. The van der Waals surface area contributed by atoms with Crippen molar-refractivity contribution >= 4 is 23.2 Å². The third kappa shape index (κ3) is 3.16. The summed E-state index contributed by atoms with van der Waals surface area (Å²) in [6, 6.07) is 17.0. The first kappa shape index (κ1) is 21.7. The Morgan fingerprint density at radius 1 is 1.11 bits per heavy atom. The number of ether oxygens (including phenoxy) is 1. The molecule has 2 aromatic heterocycles. The number of thiazole rings is 1. The summed E-state index contributed by atoms with van der Waals surface area (Å²) in [5.41, 5.74) is 3.25. The molecule has 0 aliphatic carbocycles. The minimum absolute atomic E-state index is 0.0548. The molecule has 4 heterocycles. The molecule has 35 heavy (non-hydrogen) atoms. The molecule has 176 valence electrons. The largest absolute Gasteiger partial charge is 0.465 e. The van der Waals surface area contributed by atoms with E-state index in [0.29, 0.717) is 15.1 Å². The van der Waals surface area contributed by atoms with Crippen molar-refractivity contribution in [3.05, 3.63) is 96.8 Å². The number of aromatic nitrogens is 3. The average Bonchev–Trinajstić information content (AvgIpc) is 3.28. The number of hydrogen-bond donors (Lipinski definition) is 0. The molecule has 0 N–H and O–H groups in total. The summed E-state index contributed by atoms with van der Waals surface area (Å²) in [6.45, 7) is 7.32.